The van der Waals surface area contributed by atoms with Gasteiger partial charge < -0.3 is 9.47 Å². The molecule has 2 heterocycles. The number of carbonyl (C=O) groups is 1. The SMILES string of the molecule is CCC1(C)OCc2cnc(C(=O)OC)cc21. The summed E-state index contributed by atoms with van der Waals surface area (Å²) in [6.07, 6.45) is 2.56. The Kier molecular flexibility index (Phi) is 2.68. The molecule has 4 nitrogen and oxygen atoms in total. The standard InChI is InChI=1S/C12H15NO3/c1-4-12(2)9-5-10(11(14)15-3)13-6-8(9)7-16-12/h5-6H,4,7H2,1-3H3. The topological polar surface area (TPSA) is 48.4 Å². The molecule has 0 fully saturated rings. The van der Waals surface area contributed by atoms with Gasteiger partial charge in [0.25, 0.3) is 0 Å². The van der Waals surface area contributed by atoms with Crippen molar-refractivity contribution in [1.29, 1.82) is 0 Å². The minimum Gasteiger partial charge on any atom is -0.464 e. The van der Waals surface area contributed by atoms with Crippen LogP contribution in [0.5, 0.6) is 0 Å². The van der Waals surface area contributed by atoms with Crippen LogP contribution in [0, 0.1) is 0 Å². The molecule has 1 atom stereocenters. The second kappa shape index (κ2) is 3.87. The fraction of sp³-hybridized carbons (Fsp3) is 0.500. The number of hydrogen-bond donors (Lipinski definition) is 0. The first-order valence-corrected chi connectivity index (χ1v) is 5.32. The molecule has 0 saturated heterocycles. The molecule has 4 heteroatoms. The highest BCUT2D eigenvalue weighted by molar-refractivity contribution is 5.87. The zero-order chi connectivity index (χ0) is 11.8. The molecule has 1 aliphatic rings. The van der Waals surface area contributed by atoms with Crippen molar-refractivity contribution in [2.24, 2.45) is 0 Å². The Balaban J connectivity index is 2.45. The van der Waals surface area contributed by atoms with Gasteiger partial charge in [-0.25, -0.2) is 9.78 Å². The largest absolute Gasteiger partial charge is 0.464 e. The number of ether oxygens (including phenoxy) is 2. The molecule has 0 radical (unpaired) electrons. The fourth-order valence-electron chi connectivity index (χ4n) is 1.91. The smallest absolute Gasteiger partial charge is 0.356 e. The van der Waals surface area contributed by atoms with Crippen LogP contribution < -0.4 is 0 Å². The maximum absolute atomic E-state index is 11.4. The summed E-state index contributed by atoms with van der Waals surface area (Å²) in [7, 11) is 1.35. The van der Waals surface area contributed by atoms with Crippen molar-refractivity contribution < 1.29 is 14.3 Å². The van der Waals surface area contributed by atoms with Crippen molar-refractivity contribution in [2.75, 3.05) is 7.11 Å². The zero-order valence-corrected chi connectivity index (χ0v) is 9.74. The van der Waals surface area contributed by atoms with E-state index < -0.39 is 5.97 Å². The number of esters is 1. The Labute approximate surface area is 94.6 Å². The summed E-state index contributed by atoms with van der Waals surface area (Å²) in [5, 5.41) is 0. The average Bonchev–Trinajstić information content (AvgIpc) is 2.66. The number of fused-ring (bicyclic) bond motifs is 1. The van der Waals surface area contributed by atoms with Gasteiger partial charge in [0.05, 0.1) is 19.3 Å². The van der Waals surface area contributed by atoms with Crippen LogP contribution in [0.4, 0.5) is 0 Å². The van der Waals surface area contributed by atoms with E-state index in [1.165, 1.54) is 7.11 Å². The number of hydrogen-bond acceptors (Lipinski definition) is 4. The van der Waals surface area contributed by atoms with Gasteiger partial charge in [-0.2, -0.15) is 0 Å². The van der Waals surface area contributed by atoms with Crippen LogP contribution in [0.1, 0.15) is 41.9 Å². The lowest BCUT2D eigenvalue weighted by molar-refractivity contribution is -0.0259. The molecule has 0 saturated carbocycles. The number of methoxy groups -OCH3 is 1. The minimum absolute atomic E-state index is 0.305. The molecule has 0 bridgehead atoms. The summed E-state index contributed by atoms with van der Waals surface area (Å²) in [5.74, 6) is -0.409. The first-order chi connectivity index (χ1) is 7.60. The van der Waals surface area contributed by atoms with Crippen molar-refractivity contribution in [1.82, 2.24) is 4.98 Å². The maximum Gasteiger partial charge on any atom is 0.356 e. The van der Waals surface area contributed by atoms with Crippen molar-refractivity contribution >= 4 is 5.97 Å². The Bertz CT molecular complexity index is 430. The van der Waals surface area contributed by atoms with Crippen molar-refractivity contribution in [3.63, 3.8) is 0 Å². The van der Waals surface area contributed by atoms with Gasteiger partial charge in [-0.15, -0.1) is 0 Å². The quantitative estimate of drug-likeness (QED) is 0.717. The highest BCUT2D eigenvalue weighted by Gasteiger charge is 2.34. The average molecular weight is 221 g/mol. The Morgan fingerprint density at radius 1 is 1.69 bits per heavy atom. The zero-order valence-electron chi connectivity index (χ0n) is 9.74. The van der Waals surface area contributed by atoms with Crippen molar-refractivity contribution in [2.45, 2.75) is 32.5 Å². The highest BCUT2D eigenvalue weighted by atomic mass is 16.5. The lowest BCUT2D eigenvalue weighted by Crippen LogP contribution is -2.19. The summed E-state index contributed by atoms with van der Waals surface area (Å²) in [6, 6.07) is 1.78. The van der Waals surface area contributed by atoms with Gasteiger partial charge in [-0.05, 0) is 25.0 Å². The molecule has 1 aromatic heterocycles. The second-order valence-corrected chi connectivity index (χ2v) is 4.09. The van der Waals surface area contributed by atoms with Crippen LogP contribution in [0.15, 0.2) is 12.3 Å². The van der Waals surface area contributed by atoms with Crippen LogP contribution in [0.25, 0.3) is 0 Å². The Hall–Kier alpha value is -1.42. The van der Waals surface area contributed by atoms with Gasteiger partial charge in [0.2, 0.25) is 0 Å². The van der Waals surface area contributed by atoms with Crippen LogP contribution in [0.3, 0.4) is 0 Å². The summed E-state index contributed by atoms with van der Waals surface area (Å²) in [4.78, 5) is 15.5. The van der Waals surface area contributed by atoms with E-state index in [0.717, 1.165) is 17.5 Å². The van der Waals surface area contributed by atoms with Gasteiger partial charge in [0.1, 0.15) is 5.69 Å². The van der Waals surface area contributed by atoms with E-state index in [1.54, 1.807) is 12.3 Å². The summed E-state index contributed by atoms with van der Waals surface area (Å²) in [5.41, 5.74) is 2.13. The number of rotatable bonds is 2. The van der Waals surface area contributed by atoms with E-state index in [1.807, 2.05) is 6.92 Å². The third-order valence-corrected chi connectivity index (χ3v) is 3.17. The maximum atomic E-state index is 11.4. The molecule has 0 spiro atoms. The molecular formula is C12H15NO3. The van der Waals surface area contributed by atoms with Crippen LogP contribution >= 0.6 is 0 Å². The molecule has 1 aliphatic heterocycles. The summed E-state index contributed by atoms with van der Waals surface area (Å²) < 4.78 is 10.4. The van der Waals surface area contributed by atoms with Gasteiger partial charge in [0.15, 0.2) is 0 Å². The first-order valence-electron chi connectivity index (χ1n) is 5.32. The molecule has 0 N–H and O–H groups in total. The van der Waals surface area contributed by atoms with E-state index in [2.05, 4.69) is 16.6 Å². The molecule has 2 rings (SSSR count). The van der Waals surface area contributed by atoms with Crippen molar-refractivity contribution in [3.05, 3.63) is 29.1 Å². The number of carbonyl (C=O) groups excluding carboxylic acids is 1. The van der Waals surface area contributed by atoms with E-state index >= 15 is 0 Å². The summed E-state index contributed by atoms with van der Waals surface area (Å²) >= 11 is 0. The molecule has 86 valence electrons. The van der Waals surface area contributed by atoms with Gasteiger partial charge in [-0.3, -0.25) is 0 Å². The third kappa shape index (κ3) is 1.59. The predicted molar refractivity (Wildman–Crippen MR) is 58.0 cm³/mol. The normalized spacial score (nSPS) is 22.9. The van der Waals surface area contributed by atoms with E-state index in [9.17, 15) is 4.79 Å². The lowest BCUT2D eigenvalue weighted by Gasteiger charge is -2.22. The molecule has 0 aliphatic carbocycles. The molecule has 16 heavy (non-hydrogen) atoms. The number of pyridine rings is 1. The monoisotopic (exact) mass is 221 g/mol. The first kappa shape index (κ1) is 11.1. The van der Waals surface area contributed by atoms with Gasteiger partial charge in [0, 0.05) is 11.8 Å². The molecule has 0 aromatic carbocycles. The van der Waals surface area contributed by atoms with Crippen LogP contribution in [-0.4, -0.2) is 18.1 Å². The van der Waals surface area contributed by atoms with Gasteiger partial charge in [-0.1, -0.05) is 6.92 Å². The van der Waals surface area contributed by atoms with E-state index in [4.69, 9.17) is 4.74 Å². The van der Waals surface area contributed by atoms with Crippen LogP contribution in [-0.2, 0) is 21.7 Å². The van der Waals surface area contributed by atoms with Gasteiger partial charge >= 0.3 is 5.97 Å². The predicted octanol–water partition coefficient (Wildman–Crippen LogP) is 2.02. The molecular weight excluding hydrogens is 206 g/mol. The lowest BCUT2D eigenvalue weighted by atomic mass is 9.92. The third-order valence-electron chi connectivity index (χ3n) is 3.17. The summed E-state index contributed by atoms with van der Waals surface area (Å²) in [6.45, 7) is 4.65. The van der Waals surface area contributed by atoms with E-state index in [-0.39, 0.29) is 5.60 Å². The van der Waals surface area contributed by atoms with Crippen molar-refractivity contribution in [3.8, 4) is 0 Å². The highest BCUT2D eigenvalue weighted by Crippen LogP contribution is 2.38. The Morgan fingerprint density at radius 2 is 2.44 bits per heavy atom. The number of aromatic nitrogens is 1. The minimum atomic E-state index is -0.409. The molecule has 1 aromatic rings. The Morgan fingerprint density at radius 3 is 3.06 bits per heavy atom. The number of nitrogens with zero attached hydrogens (tertiary/aromatic N) is 1. The second-order valence-electron chi connectivity index (χ2n) is 4.09. The van der Waals surface area contributed by atoms with E-state index in [0.29, 0.717) is 12.3 Å². The molecule has 0 amide bonds. The molecule has 1 unspecified atom stereocenters. The van der Waals surface area contributed by atoms with Crippen LogP contribution in [0.2, 0.25) is 0 Å². The fourth-order valence-corrected chi connectivity index (χ4v) is 1.91.